The monoisotopic (exact) mass is 231 g/mol. The Hall–Kier alpha value is -1.51. The van der Waals surface area contributed by atoms with Crippen molar-refractivity contribution in [3.05, 3.63) is 33.9 Å². The van der Waals surface area contributed by atoms with Crippen LogP contribution in [0.25, 0.3) is 0 Å². The second-order valence-electron chi connectivity index (χ2n) is 2.88. The number of hydrogen-bond donors (Lipinski definition) is 1. The van der Waals surface area contributed by atoms with Crippen LogP contribution in [0.5, 0.6) is 0 Å². The quantitative estimate of drug-likeness (QED) is 0.423. The summed E-state index contributed by atoms with van der Waals surface area (Å²) in [5.41, 5.74) is -0.351. The molecule has 1 N–H and O–H groups in total. The molecule has 0 bridgehead atoms. The van der Waals surface area contributed by atoms with Crippen molar-refractivity contribution >= 4 is 15.8 Å². The van der Waals surface area contributed by atoms with Gasteiger partial charge < -0.3 is 5.11 Å². The highest BCUT2D eigenvalue weighted by Gasteiger charge is 2.36. The van der Waals surface area contributed by atoms with E-state index >= 15 is 0 Å². The van der Waals surface area contributed by atoms with Crippen LogP contribution in [0.4, 0.5) is 5.69 Å². The van der Waals surface area contributed by atoms with E-state index in [9.17, 15) is 23.6 Å². The molecule has 0 saturated heterocycles. The molecule has 0 radical (unpaired) electrons. The van der Waals surface area contributed by atoms with Gasteiger partial charge in [-0.1, -0.05) is 0 Å². The maximum absolute atomic E-state index is 11.2. The minimum absolute atomic E-state index is 0.0144. The summed E-state index contributed by atoms with van der Waals surface area (Å²) in [4.78, 5) is 9.32. The van der Waals surface area contributed by atoms with Crippen LogP contribution >= 0.6 is 0 Å². The highest BCUT2D eigenvalue weighted by atomic mass is 32.2. The van der Waals surface area contributed by atoms with Crippen molar-refractivity contribution in [2.75, 3.05) is 0 Å². The number of nitrogens with zero attached hydrogens (tertiary/aromatic N) is 1. The van der Waals surface area contributed by atoms with E-state index in [2.05, 4.69) is 4.18 Å². The van der Waals surface area contributed by atoms with E-state index in [-0.39, 0.29) is 16.1 Å². The first kappa shape index (κ1) is 10.0. The molecule has 15 heavy (non-hydrogen) atoms. The van der Waals surface area contributed by atoms with Crippen molar-refractivity contribution < 1.29 is 22.6 Å². The molecule has 0 fully saturated rings. The lowest BCUT2D eigenvalue weighted by molar-refractivity contribution is -0.385. The van der Waals surface area contributed by atoms with Crippen molar-refractivity contribution in [2.45, 2.75) is 11.2 Å². The molecule has 7 nitrogen and oxygen atoms in total. The molecule has 0 aromatic heterocycles. The van der Waals surface area contributed by atoms with E-state index in [0.717, 1.165) is 18.2 Å². The third-order valence-corrected chi connectivity index (χ3v) is 3.29. The van der Waals surface area contributed by atoms with Crippen molar-refractivity contribution in [3.63, 3.8) is 0 Å². The summed E-state index contributed by atoms with van der Waals surface area (Å²) in [6, 6.07) is 3.12. The number of non-ortho nitro benzene ring substituents is 1. The summed E-state index contributed by atoms with van der Waals surface area (Å²) < 4.78 is 26.7. The molecule has 80 valence electrons. The van der Waals surface area contributed by atoms with Crippen LogP contribution < -0.4 is 0 Å². The lowest BCUT2D eigenvalue weighted by Gasteiger charge is -1.97. The minimum Gasteiger partial charge on any atom is -0.363 e. The van der Waals surface area contributed by atoms with Gasteiger partial charge in [-0.05, 0) is 6.07 Å². The van der Waals surface area contributed by atoms with Gasteiger partial charge in [-0.25, -0.2) is 4.18 Å². The zero-order valence-corrected chi connectivity index (χ0v) is 7.97. The van der Waals surface area contributed by atoms with Crippen LogP contribution in [0.2, 0.25) is 0 Å². The number of rotatable bonds is 1. The molecule has 0 aliphatic carbocycles. The van der Waals surface area contributed by atoms with Gasteiger partial charge in [0.05, 0.1) is 4.92 Å². The summed E-state index contributed by atoms with van der Waals surface area (Å²) >= 11 is 0. The van der Waals surface area contributed by atoms with E-state index in [4.69, 9.17) is 0 Å². The molecule has 1 aromatic carbocycles. The second kappa shape index (κ2) is 2.99. The van der Waals surface area contributed by atoms with Gasteiger partial charge in [0, 0.05) is 17.7 Å². The van der Waals surface area contributed by atoms with Crippen LogP contribution in [-0.2, 0) is 14.3 Å². The van der Waals surface area contributed by atoms with Gasteiger partial charge in [0.15, 0.2) is 0 Å². The SMILES string of the molecule is O=[N+]([O-])c1ccc2c(c1)S(=O)(=O)OC2O. The zero-order chi connectivity index (χ0) is 11.2. The lowest BCUT2D eigenvalue weighted by atomic mass is 10.2. The Balaban J connectivity index is 2.68. The molecular weight excluding hydrogens is 226 g/mol. The van der Waals surface area contributed by atoms with Gasteiger partial charge in [0.25, 0.3) is 15.8 Å². The fourth-order valence-electron chi connectivity index (χ4n) is 1.28. The average molecular weight is 231 g/mol. The van der Waals surface area contributed by atoms with Gasteiger partial charge in [0.1, 0.15) is 4.90 Å². The van der Waals surface area contributed by atoms with Crippen LogP contribution in [0, 0.1) is 10.1 Å². The Morgan fingerprint density at radius 1 is 1.47 bits per heavy atom. The Bertz CT molecular complexity index is 536. The summed E-state index contributed by atoms with van der Waals surface area (Å²) in [6.45, 7) is 0. The molecule has 1 aromatic rings. The number of nitro groups is 1. The van der Waals surface area contributed by atoms with E-state index in [1.807, 2.05) is 0 Å². The van der Waals surface area contributed by atoms with Crippen LogP contribution in [0.15, 0.2) is 23.1 Å². The van der Waals surface area contributed by atoms with Gasteiger partial charge in [-0.3, -0.25) is 10.1 Å². The zero-order valence-electron chi connectivity index (χ0n) is 7.15. The van der Waals surface area contributed by atoms with E-state index in [1.54, 1.807) is 0 Å². The predicted octanol–water partition coefficient (Wildman–Crippen LogP) is 0.305. The van der Waals surface area contributed by atoms with Gasteiger partial charge in [-0.2, -0.15) is 8.42 Å². The van der Waals surface area contributed by atoms with Gasteiger partial charge in [-0.15, -0.1) is 0 Å². The summed E-state index contributed by atoms with van der Waals surface area (Å²) in [7, 11) is -4.07. The van der Waals surface area contributed by atoms with Gasteiger partial charge in [0.2, 0.25) is 6.29 Å². The van der Waals surface area contributed by atoms with E-state index in [1.165, 1.54) is 0 Å². The van der Waals surface area contributed by atoms with Crippen molar-refractivity contribution in [2.24, 2.45) is 0 Å². The molecule has 1 atom stereocenters. The summed E-state index contributed by atoms with van der Waals surface area (Å²) in [5, 5.41) is 19.6. The fourth-order valence-corrected chi connectivity index (χ4v) is 2.45. The predicted molar refractivity (Wildman–Crippen MR) is 46.3 cm³/mol. The number of nitro benzene ring substituents is 1. The molecule has 1 unspecified atom stereocenters. The molecule has 2 rings (SSSR count). The molecule has 1 aliphatic rings. The summed E-state index contributed by atoms with van der Waals surface area (Å²) in [6.07, 6.45) is -1.58. The first-order valence-corrected chi connectivity index (χ1v) is 5.22. The standard InChI is InChI=1S/C7H5NO6S/c9-7-5-2-1-4(8(10)11)3-6(5)15(12,13)14-7/h1-3,7,9H. The van der Waals surface area contributed by atoms with Crippen LogP contribution in [-0.4, -0.2) is 18.4 Å². The normalized spacial score (nSPS) is 22.3. The molecular formula is C7H5NO6S. The molecule has 0 spiro atoms. The number of aliphatic hydroxyl groups is 1. The van der Waals surface area contributed by atoms with E-state index in [0.29, 0.717) is 0 Å². The highest BCUT2D eigenvalue weighted by Crippen LogP contribution is 2.36. The Morgan fingerprint density at radius 3 is 2.73 bits per heavy atom. The maximum atomic E-state index is 11.2. The molecule has 0 amide bonds. The maximum Gasteiger partial charge on any atom is 0.300 e. The van der Waals surface area contributed by atoms with Crippen molar-refractivity contribution in [3.8, 4) is 0 Å². The van der Waals surface area contributed by atoms with Crippen molar-refractivity contribution in [1.29, 1.82) is 0 Å². The first-order valence-electron chi connectivity index (χ1n) is 3.81. The Morgan fingerprint density at radius 2 is 2.13 bits per heavy atom. The van der Waals surface area contributed by atoms with E-state index < -0.39 is 21.3 Å². The Kier molecular flexibility index (Phi) is 2.00. The lowest BCUT2D eigenvalue weighted by Crippen LogP contribution is -1.98. The molecule has 8 heteroatoms. The first-order chi connectivity index (χ1) is 6.92. The number of benzene rings is 1. The minimum atomic E-state index is -4.07. The Labute approximate surface area is 84.2 Å². The topological polar surface area (TPSA) is 107 Å². The molecule has 0 saturated carbocycles. The molecule has 1 aliphatic heterocycles. The number of aliphatic hydroxyl groups excluding tert-OH is 1. The average Bonchev–Trinajstić information content (AvgIpc) is 2.37. The highest BCUT2D eigenvalue weighted by molar-refractivity contribution is 7.87. The number of fused-ring (bicyclic) bond motifs is 1. The second-order valence-corrected chi connectivity index (χ2v) is 4.42. The largest absolute Gasteiger partial charge is 0.363 e. The van der Waals surface area contributed by atoms with Gasteiger partial charge >= 0.3 is 0 Å². The summed E-state index contributed by atoms with van der Waals surface area (Å²) in [5.74, 6) is 0. The third-order valence-electron chi connectivity index (χ3n) is 1.96. The smallest absolute Gasteiger partial charge is 0.300 e. The van der Waals surface area contributed by atoms with Crippen LogP contribution in [0.1, 0.15) is 11.9 Å². The fraction of sp³-hybridized carbons (Fsp3) is 0.143. The molecule has 1 heterocycles. The number of hydrogen-bond acceptors (Lipinski definition) is 6. The third kappa shape index (κ3) is 1.48. The van der Waals surface area contributed by atoms with Crippen LogP contribution in [0.3, 0.4) is 0 Å². The van der Waals surface area contributed by atoms with Crippen molar-refractivity contribution in [1.82, 2.24) is 0 Å².